The highest BCUT2D eigenvalue weighted by Crippen LogP contribution is 2.33. The van der Waals surface area contributed by atoms with Gasteiger partial charge in [-0.3, -0.25) is 0 Å². The number of likely N-dealkylation sites (tertiary alicyclic amines) is 1. The summed E-state index contributed by atoms with van der Waals surface area (Å²) in [5, 5.41) is 18.5. The van der Waals surface area contributed by atoms with Crippen molar-refractivity contribution in [3.05, 3.63) is 29.8 Å². The highest BCUT2D eigenvalue weighted by atomic mass is 16.5. The third-order valence-electron chi connectivity index (χ3n) is 3.78. The van der Waals surface area contributed by atoms with Gasteiger partial charge in [0.05, 0.1) is 7.11 Å². The van der Waals surface area contributed by atoms with E-state index in [1.165, 1.54) is 4.90 Å². The summed E-state index contributed by atoms with van der Waals surface area (Å²) in [4.78, 5) is 12.3. The maximum Gasteiger partial charge on any atom is 0.407 e. The van der Waals surface area contributed by atoms with E-state index in [0.29, 0.717) is 13.1 Å². The molecule has 2 atom stereocenters. The van der Waals surface area contributed by atoms with Gasteiger partial charge in [0.15, 0.2) is 0 Å². The minimum atomic E-state index is -0.911. The maximum atomic E-state index is 11.0. The maximum absolute atomic E-state index is 11.0. The molecule has 1 heterocycles. The van der Waals surface area contributed by atoms with Crippen LogP contribution in [-0.2, 0) is 0 Å². The van der Waals surface area contributed by atoms with E-state index in [2.05, 4.69) is 0 Å². The molecule has 1 aromatic rings. The number of carboxylic acid groups (broad SMARTS) is 1. The number of benzene rings is 1. The predicted molar refractivity (Wildman–Crippen MR) is 70.5 cm³/mol. The number of methoxy groups -OCH3 is 1. The largest absolute Gasteiger partial charge is 0.497 e. The second-order valence-corrected chi connectivity index (χ2v) is 4.84. The number of aliphatic hydroxyl groups is 1. The summed E-state index contributed by atoms with van der Waals surface area (Å²) < 4.78 is 5.12. The number of rotatable bonds is 3. The van der Waals surface area contributed by atoms with E-state index in [4.69, 9.17) is 9.84 Å². The van der Waals surface area contributed by atoms with E-state index in [1.54, 1.807) is 7.11 Å². The zero-order chi connectivity index (χ0) is 13.8. The van der Waals surface area contributed by atoms with Crippen LogP contribution in [0.4, 0.5) is 4.79 Å². The first-order valence-electron chi connectivity index (χ1n) is 6.38. The molecule has 0 saturated carbocycles. The standard InChI is InChI=1S/C14H19NO4/c1-19-12-4-2-10(3-5-12)13-6-7-15(14(17)18)8-11(13)9-16/h2-5,11,13,16H,6-9H2,1H3,(H,17,18)/t11-,13-/m0/s1. The molecule has 1 aliphatic rings. The molecule has 2 N–H and O–H groups in total. The van der Waals surface area contributed by atoms with Crippen LogP contribution < -0.4 is 4.74 Å². The number of hydrogen-bond acceptors (Lipinski definition) is 3. The van der Waals surface area contributed by atoms with Crippen LogP contribution in [0.1, 0.15) is 17.9 Å². The van der Waals surface area contributed by atoms with E-state index >= 15 is 0 Å². The van der Waals surface area contributed by atoms with Gasteiger partial charge in [-0.25, -0.2) is 4.79 Å². The van der Waals surface area contributed by atoms with E-state index in [9.17, 15) is 9.90 Å². The van der Waals surface area contributed by atoms with E-state index in [1.807, 2.05) is 24.3 Å². The van der Waals surface area contributed by atoms with Crippen molar-refractivity contribution in [2.45, 2.75) is 12.3 Å². The lowest BCUT2D eigenvalue weighted by atomic mass is 9.81. The van der Waals surface area contributed by atoms with E-state index in [0.717, 1.165) is 17.7 Å². The minimum Gasteiger partial charge on any atom is -0.497 e. The normalized spacial score (nSPS) is 23.2. The van der Waals surface area contributed by atoms with Gasteiger partial charge in [0.1, 0.15) is 5.75 Å². The smallest absolute Gasteiger partial charge is 0.407 e. The summed E-state index contributed by atoms with van der Waals surface area (Å²) in [6, 6.07) is 7.77. The van der Waals surface area contributed by atoms with Crippen molar-refractivity contribution in [2.75, 3.05) is 26.8 Å². The average molecular weight is 265 g/mol. The summed E-state index contributed by atoms with van der Waals surface area (Å²) in [5.41, 5.74) is 1.13. The fourth-order valence-corrected chi connectivity index (χ4v) is 2.68. The molecule has 0 bridgehead atoms. The van der Waals surface area contributed by atoms with Crippen LogP contribution in [-0.4, -0.2) is 48.0 Å². The van der Waals surface area contributed by atoms with Gasteiger partial charge in [0, 0.05) is 25.6 Å². The van der Waals surface area contributed by atoms with E-state index in [-0.39, 0.29) is 18.4 Å². The first kappa shape index (κ1) is 13.7. The number of aliphatic hydroxyl groups excluding tert-OH is 1. The molecule has 1 saturated heterocycles. The number of hydrogen-bond donors (Lipinski definition) is 2. The number of nitrogens with zero attached hydrogens (tertiary/aromatic N) is 1. The van der Waals surface area contributed by atoms with Gasteiger partial charge in [-0.05, 0) is 30.0 Å². The molecule has 5 heteroatoms. The van der Waals surface area contributed by atoms with E-state index < -0.39 is 6.09 Å². The Bertz CT molecular complexity index is 432. The van der Waals surface area contributed by atoms with Crippen molar-refractivity contribution in [3.8, 4) is 5.75 Å². The molecule has 0 aromatic heterocycles. The van der Waals surface area contributed by atoms with Crippen molar-refractivity contribution in [1.29, 1.82) is 0 Å². The Labute approximate surface area is 112 Å². The van der Waals surface area contributed by atoms with Gasteiger partial charge in [0.2, 0.25) is 0 Å². The highest BCUT2D eigenvalue weighted by molar-refractivity contribution is 5.65. The van der Waals surface area contributed by atoms with Crippen LogP contribution in [0.2, 0.25) is 0 Å². The SMILES string of the molecule is COc1ccc([C@@H]2CCN(C(=O)O)C[C@H]2CO)cc1. The first-order valence-corrected chi connectivity index (χ1v) is 6.38. The molecule has 19 heavy (non-hydrogen) atoms. The zero-order valence-electron chi connectivity index (χ0n) is 11.0. The molecule has 5 nitrogen and oxygen atoms in total. The van der Waals surface area contributed by atoms with Gasteiger partial charge < -0.3 is 19.8 Å². The molecule has 1 aromatic carbocycles. The Morgan fingerprint density at radius 3 is 2.63 bits per heavy atom. The molecule has 1 fully saturated rings. The molecule has 0 aliphatic carbocycles. The lowest BCUT2D eigenvalue weighted by molar-refractivity contribution is 0.0886. The quantitative estimate of drug-likeness (QED) is 0.874. The third-order valence-corrected chi connectivity index (χ3v) is 3.78. The topological polar surface area (TPSA) is 70.0 Å². The van der Waals surface area contributed by atoms with Gasteiger partial charge in [-0.2, -0.15) is 0 Å². The van der Waals surface area contributed by atoms with Crippen molar-refractivity contribution < 1.29 is 19.7 Å². The molecule has 0 spiro atoms. The van der Waals surface area contributed by atoms with Gasteiger partial charge in [0.25, 0.3) is 0 Å². The number of amides is 1. The molecule has 0 unspecified atom stereocenters. The van der Waals surface area contributed by atoms with Crippen molar-refractivity contribution in [1.82, 2.24) is 4.90 Å². The summed E-state index contributed by atoms with van der Waals surface area (Å²) in [6.45, 7) is 0.908. The van der Waals surface area contributed by atoms with Crippen LogP contribution in [0.25, 0.3) is 0 Å². The van der Waals surface area contributed by atoms with Gasteiger partial charge >= 0.3 is 6.09 Å². The zero-order valence-corrected chi connectivity index (χ0v) is 11.0. The fraction of sp³-hybridized carbons (Fsp3) is 0.500. The number of carbonyl (C=O) groups is 1. The first-order chi connectivity index (χ1) is 9.15. The Hall–Kier alpha value is -1.75. The summed E-state index contributed by atoms with van der Waals surface area (Å²) in [6.07, 6.45) is -0.171. The van der Waals surface area contributed by atoms with Gasteiger partial charge in [-0.15, -0.1) is 0 Å². The fourth-order valence-electron chi connectivity index (χ4n) is 2.68. The minimum absolute atomic E-state index is 0.000472. The van der Waals surface area contributed by atoms with Crippen LogP contribution in [0.3, 0.4) is 0 Å². The van der Waals surface area contributed by atoms with Crippen LogP contribution in [0, 0.1) is 5.92 Å². The Balaban J connectivity index is 2.12. The predicted octanol–water partition coefficient (Wildman–Crippen LogP) is 1.77. The second kappa shape index (κ2) is 5.93. The molecule has 0 radical (unpaired) electrons. The lowest BCUT2D eigenvalue weighted by Gasteiger charge is -2.36. The third kappa shape index (κ3) is 2.98. The molecular weight excluding hydrogens is 246 g/mol. The summed E-state index contributed by atoms with van der Waals surface area (Å²) in [7, 11) is 1.62. The Kier molecular flexibility index (Phi) is 4.27. The highest BCUT2D eigenvalue weighted by Gasteiger charge is 2.31. The Morgan fingerprint density at radius 1 is 1.42 bits per heavy atom. The summed E-state index contributed by atoms with van der Waals surface area (Å²) in [5.74, 6) is 0.956. The molecule has 1 aliphatic heterocycles. The van der Waals surface area contributed by atoms with Crippen LogP contribution in [0.5, 0.6) is 5.75 Å². The van der Waals surface area contributed by atoms with Gasteiger partial charge in [-0.1, -0.05) is 12.1 Å². The molecule has 104 valence electrons. The molecular formula is C14H19NO4. The van der Waals surface area contributed by atoms with Crippen molar-refractivity contribution in [3.63, 3.8) is 0 Å². The summed E-state index contributed by atoms with van der Waals surface area (Å²) >= 11 is 0. The number of piperidine rings is 1. The lowest BCUT2D eigenvalue weighted by Crippen LogP contribution is -2.43. The van der Waals surface area contributed by atoms with Crippen LogP contribution in [0.15, 0.2) is 24.3 Å². The molecule has 2 rings (SSSR count). The van der Waals surface area contributed by atoms with Crippen LogP contribution >= 0.6 is 0 Å². The number of ether oxygens (including phenoxy) is 1. The molecule has 1 amide bonds. The van der Waals surface area contributed by atoms with Crippen molar-refractivity contribution in [2.24, 2.45) is 5.92 Å². The monoisotopic (exact) mass is 265 g/mol. The second-order valence-electron chi connectivity index (χ2n) is 4.84. The van der Waals surface area contributed by atoms with Crippen molar-refractivity contribution >= 4 is 6.09 Å². The average Bonchev–Trinajstić information content (AvgIpc) is 2.46. The Morgan fingerprint density at radius 2 is 2.11 bits per heavy atom.